The van der Waals surface area contributed by atoms with Crippen molar-refractivity contribution >= 4 is 34.8 Å². The van der Waals surface area contributed by atoms with Crippen LogP contribution >= 0.6 is 0 Å². The molecule has 4 rings (SSSR count). The van der Waals surface area contributed by atoms with Gasteiger partial charge in [0.15, 0.2) is 5.82 Å². The fourth-order valence-corrected chi connectivity index (χ4v) is 4.69. The molecule has 1 fully saturated rings. The third-order valence-corrected chi connectivity index (χ3v) is 6.72. The van der Waals surface area contributed by atoms with Gasteiger partial charge in [0, 0.05) is 45.0 Å². The van der Waals surface area contributed by atoms with Crippen molar-refractivity contribution in [2.75, 3.05) is 69.7 Å². The molecule has 2 N–H and O–H groups in total. The first kappa shape index (κ1) is 25.7. The van der Waals surface area contributed by atoms with Crippen LogP contribution in [0.1, 0.15) is 30.1 Å². The summed E-state index contributed by atoms with van der Waals surface area (Å²) < 4.78 is 11.1. The Morgan fingerprint density at radius 3 is 2.67 bits per heavy atom. The van der Waals surface area contributed by atoms with E-state index in [2.05, 4.69) is 15.5 Å². The number of nitrogens with zero attached hydrogens (tertiary/aromatic N) is 4. The molecule has 1 aromatic carbocycles. The van der Waals surface area contributed by atoms with Crippen molar-refractivity contribution in [1.82, 2.24) is 15.2 Å². The molecular weight excluding hydrogens is 460 g/mol. The zero-order chi connectivity index (χ0) is 25.8. The van der Waals surface area contributed by atoms with E-state index in [1.54, 1.807) is 31.2 Å². The van der Waals surface area contributed by atoms with Gasteiger partial charge in [0.05, 0.1) is 18.5 Å². The predicted octanol–water partition coefficient (Wildman–Crippen LogP) is 2.48. The molecule has 3 heterocycles. The van der Waals surface area contributed by atoms with E-state index in [0.29, 0.717) is 42.6 Å². The molecule has 194 valence electrons. The summed E-state index contributed by atoms with van der Waals surface area (Å²) in [4.78, 5) is 36.2. The second-order valence-electron chi connectivity index (χ2n) is 9.46. The van der Waals surface area contributed by atoms with Gasteiger partial charge in [-0.3, -0.25) is 9.59 Å². The molecule has 0 spiro atoms. The number of amides is 2. The fraction of sp³-hybridized carbons (Fsp3) is 0.500. The SMILES string of the molecule is COc1cc(C(=O)NCCN(C)C)ccc1Nc1ccc2c(n1)N(C1CCOCC1)[C@H](C)C(=O)N2C. The van der Waals surface area contributed by atoms with Gasteiger partial charge < -0.3 is 34.8 Å². The highest BCUT2D eigenvalue weighted by Gasteiger charge is 2.39. The minimum absolute atomic E-state index is 0.0533. The predicted molar refractivity (Wildman–Crippen MR) is 141 cm³/mol. The van der Waals surface area contributed by atoms with Crippen LogP contribution in [0.15, 0.2) is 30.3 Å². The smallest absolute Gasteiger partial charge is 0.251 e. The number of likely N-dealkylation sites (N-methyl/N-ethyl adjacent to an activating group) is 2. The average Bonchev–Trinajstić information content (AvgIpc) is 2.88. The van der Waals surface area contributed by atoms with E-state index in [-0.39, 0.29) is 23.9 Å². The van der Waals surface area contributed by atoms with Gasteiger partial charge in [-0.25, -0.2) is 4.98 Å². The summed E-state index contributed by atoms with van der Waals surface area (Å²) in [7, 11) is 7.29. The number of anilines is 4. The molecule has 2 amide bonds. The number of pyridine rings is 1. The Bertz CT molecular complexity index is 1100. The molecule has 10 heteroatoms. The number of hydrogen-bond acceptors (Lipinski definition) is 8. The van der Waals surface area contributed by atoms with Crippen LogP contribution in [0.2, 0.25) is 0 Å². The largest absolute Gasteiger partial charge is 0.495 e. The van der Waals surface area contributed by atoms with E-state index in [1.165, 1.54) is 0 Å². The van der Waals surface area contributed by atoms with Gasteiger partial charge in [0.2, 0.25) is 5.91 Å². The van der Waals surface area contributed by atoms with Crippen molar-refractivity contribution in [1.29, 1.82) is 0 Å². The number of carbonyl (C=O) groups is 2. The van der Waals surface area contributed by atoms with Crippen LogP contribution in [-0.2, 0) is 9.53 Å². The number of carbonyl (C=O) groups excluding carboxylic acids is 2. The average molecular weight is 497 g/mol. The molecule has 0 radical (unpaired) electrons. The van der Waals surface area contributed by atoms with Gasteiger partial charge in [-0.15, -0.1) is 0 Å². The monoisotopic (exact) mass is 496 g/mol. The van der Waals surface area contributed by atoms with Crippen molar-refractivity contribution in [2.24, 2.45) is 0 Å². The number of methoxy groups -OCH3 is 1. The lowest BCUT2D eigenvalue weighted by Gasteiger charge is -2.44. The van der Waals surface area contributed by atoms with Crippen LogP contribution in [0.3, 0.4) is 0 Å². The Balaban J connectivity index is 1.58. The number of benzene rings is 1. The molecule has 2 aliphatic heterocycles. The van der Waals surface area contributed by atoms with E-state index in [0.717, 1.165) is 30.9 Å². The number of aromatic nitrogens is 1. The molecule has 2 aromatic rings. The molecule has 2 aliphatic rings. The van der Waals surface area contributed by atoms with Crippen LogP contribution in [0.5, 0.6) is 5.75 Å². The van der Waals surface area contributed by atoms with Gasteiger partial charge >= 0.3 is 0 Å². The number of rotatable bonds is 8. The standard InChI is InChI=1S/C26H36N6O4/c1-17-26(34)31(4)21-8-9-23(29-24(21)32(17)19-10-14-36-15-11-19)28-20-7-6-18(16-22(20)35-5)25(33)27-12-13-30(2)3/h6-9,16-17,19H,10-15H2,1-5H3,(H,27,33)(H,28,29)/t17-/m1/s1. The quantitative estimate of drug-likeness (QED) is 0.575. The van der Waals surface area contributed by atoms with Gasteiger partial charge in [-0.05, 0) is 64.2 Å². The number of fused-ring (bicyclic) bond motifs is 1. The Morgan fingerprint density at radius 2 is 1.97 bits per heavy atom. The van der Waals surface area contributed by atoms with Crippen molar-refractivity contribution in [3.05, 3.63) is 35.9 Å². The minimum Gasteiger partial charge on any atom is -0.495 e. The molecule has 10 nitrogen and oxygen atoms in total. The first-order chi connectivity index (χ1) is 17.3. The molecule has 1 saturated heterocycles. The number of hydrogen-bond donors (Lipinski definition) is 2. The second-order valence-corrected chi connectivity index (χ2v) is 9.46. The zero-order valence-electron chi connectivity index (χ0n) is 21.7. The van der Waals surface area contributed by atoms with Crippen LogP contribution in [0, 0.1) is 0 Å². The maximum absolute atomic E-state index is 12.9. The highest BCUT2D eigenvalue weighted by molar-refractivity contribution is 6.04. The van der Waals surface area contributed by atoms with Gasteiger partial charge in [0.1, 0.15) is 17.6 Å². The molecular formula is C26H36N6O4. The van der Waals surface area contributed by atoms with E-state index >= 15 is 0 Å². The summed E-state index contributed by atoms with van der Waals surface area (Å²) >= 11 is 0. The normalized spacial score (nSPS) is 18.3. The van der Waals surface area contributed by atoms with Crippen LogP contribution < -0.4 is 25.2 Å². The highest BCUT2D eigenvalue weighted by atomic mass is 16.5. The summed E-state index contributed by atoms with van der Waals surface area (Å²) in [5, 5.41) is 6.25. The molecule has 0 saturated carbocycles. The lowest BCUT2D eigenvalue weighted by molar-refractivity contribution is -0.119. The van der Waals surface area contributed by atoms with E-state index in [1.807, 2.05) is 44.1 Å². The fourth-order valence-electron chi connectivity index (χ4n) is 4.69. The van der Waals surface area contributed by atoms with E-state index in [9.17, 15) is 9.59 Å². The Kier molecular flexibility index (Phi) is 7.95. The van der Waals surface area contributed by atoms with Crippen LogP contribution in [0.25, 0.3) is 0 Å². The van der Waals surface area contributed by atoms with Gasteiger partial charge in [-0.1, -0.05) is 0 Å². The molecule has 0 unspecified atom stereocenters. The molecule has 0 bridgehead atoms. The summed E-state index contributed by atoms with van der Waals surface area (Å²) in [6.45, 7) is 4.61. The van der Waals surface area contributed by atoms with Crippen molar-refractivity contribution < 1.29 is 19.1 Å². The van der Waals surface area contributed by atoms with Crippen molar-refractivity contribution in [3.63, 3.8) is 0 Å². The van der Waals surface area contributed by atoms with Crippen molar-refractivity contribution in [2.45, 2.75) is 31.8 Å². The summed E-state index contributed by atoms with van der Waals surface area (Å²) in [5.74, 6) is 1.84. The van der Waals surface area contributed by atoms with Gasteiger partial charge in [-0.2, -0.15) is 0 Å². The van der Waals surface area contributed by atoms with Crippen LogP contribution in [-0.4, -0.2) is 88.3 Å². The zero-order valence-corrected chi connectivity index (χ0v) is 21.7. The van der Waals surface area contributed by atoms with Crippen molar-refractivity contribution in [3.8, 4) is 5.75 Å². The minimum atomic E-state index is -0.312. The maximum atomic E-state index is 12.9. The lowest BCUT2D eigenvalue weighted by Crippen LogP contribution is -2.56. The highest BCUT2D eigenvalue weighted by Crippen LogP contribution is 2.39. The first-order valence-electron chi connectivity index (χ1n) is 12.3. The Morgan fingerprint density at radius 1 is 1.22 bits per heavy atom. The topological polar surface area (TPSA) is 99.3 Å². The van der Waals surface area contributed by atoms with E-state index < -0.39 is 0 Å². The van der Waals surface area contributed by atoms with Gasteiger partial charge in [0.25, 0.3) is 5.91 Å². The number of ether oxygens (including phenoxy) is 2. The summed E-state index contributed by atoms with van der Waals surface area (Å²) in [5.41, 5.74) is 2.00. The molecule has 0 aliphatic carbocycles. The summed E-state index contributed by atoms with van der Waals surface area (Å²) in [6.07, 6.45) is 1.71. The third-order valence-electron chi connectivity index (χ3n) is 6.72. The Hall–Kier alpha value is -3.37. The number of nitrogens with one attached hydrogen (secondary N) is 2. The molecule has 1 atom stereocenters. The molecule has 36 heavy (non-hydrogen) atoms. The van der Waals surface area contributed by atoms with Crippen LogP contribution in [0.4, 0.5) is 23.0 Å². The first-order valence-corrected chi connectivity index (χ1v) is 12.3. The summed E-state index contributed by atoms with van der Waals surface area (Å²) in [6, 6.07) is 8.93. The maximum Gasteiger partial charge on any atom is 0.251 e. The second kappa shape index (κ2) is 11.1. The molecule has 1 aromatic heterocycles. The third kappa shape index (κ3) is 5.39. The lowest BCUT2D eigenvalue weighted by atomic mass is 10.0. The van der Waals surface area contributed by atoms with E-state index in [4.69, 9.17) is 14.5 Å². The Labute approximate surface area is 212 Å².